The van der Waals surface area contributed by atoms with Gasteiger partial charge in [-0.2, -0.15) is 10.1 Å². The molecule has 0 radical (unpaired) electrons. The van der Waals surface area contributed by atoms with E-state index in [1.807, 2.05) is 0 Å². The van der Waals surface area contributed by atoms with Gasteiger partial charge in [0.15, 0.2) is 5.82 Å². The molecule has 2 aromatic rings. The molecule has 3 rings (SSSR count). The molecule has 9 heteroatoms. The van der Waals surface area contributed by atoms with Crippen molar-refractivity contribution < 1.29 is 4.79 Å². The maximum absolute atomic E-state index is 12.3. The molecule has 1 aromatic carbocycles. The van der Waals surface area contributed by atoms with Crippen molar-refractivity contribution in [1.29, 1.82) is 0 Å². The second-order valence-corrected chi connectivity index (χ2v) is 6.43. The van der Waals surface area contributed by atoms with Gasteiger partial charge in [-0.15, -0.1) is 12.4 Å². The van der Waals surface area contributed by atoms with E-state index in [1.54, 1.807) is 29.9 Å². The quantitative estimate of drug-likeness (QED) is 0.844. The summed E-state index contributed by atoms with van der Waals surface area (Å²) >= 11 is 11.9. The molecular formula is C15H18Cl3N5O. The summed E-state index contributed by atoms with van der Waals surface area (Å²) in [5.74, 6) is 1.20. The molecule has 130 valence electrons. The third-order valence-electron chi connectivity index (χ3n) is 3.83. The number of aromatic nitrogens is 3. The van der Waals surface area contributed by atoms with E-state index >= 15 is 0 Å². The minimum absolute atomic E-state index is 0. The Hall–Kier alpha value is -1.34. The van der Waals surface area contributed by atoms with Crippen LogP contribution in [-0.4, -0.2) is 33.8 Å². The molecule has 0 saturated carbocycles. The highest BCUT2D eigenvalue weighted by Gasteiger charge is 2.21. The summed E-state index contributed by atoms with van der Waals surface area (Å²) in [6, 6.07) is 4.71. The molecule has 0 unspecified atom stereocenters. The molecule has 1 aliphatic rings. The summed E-state index contributed by atoms with van der Waals surface area (Å²) in [5.41, 5.74) is 0.383. The van der Waals surface area contributed by atoms with Gasteiger partial charge in [-0.1, -0.05) is 23.2 Å². The SMILES string of the molecule is Cl.Cn1nc(C2CCNCC2)nc1NC(=O)c1cc(Cl)cc(Cl)c1. The fraction of sp³-hybridized carbons (Fsp3) is 0.400. The number of benzene rings is 1. The summed E-state index contributed by atoms with van der Waals surface area (Å²) in [4.78, 5) is 16.8. The lowest BCUT2D eigenvalue weighted by molar-refractivity contribution is 0.102. The summed E-state index contributed by atoms with van der Waals surface area (Å²) in [7, 11) is 1.76. The van der Waals surface area contributed by atoms with Crippen LogP contribution in [0.25, 0.3) is 0 Å². The molecular weight excluding hydrogens is 373 g/mol. The Kier molecular flexibility index (Phi) is 6.46. The number of rotatable bonds is 3. The highest BCUT2D eigenvalue weighted by molar-refractivity contribution is 6.35. The molecule has 2 N–H and O–H groups in total. The molecule has 0 bridgehead atoms. The number of halogens is 3. The zero-order chi connectivity index (χ0) is 16.4. The van der Waals surface area contributed by atoms with Crippen molar-refractivity contribution in [2.45, 2.75) is 18.8 Å². The number of nitrogens with one attached hydrogen (secondary N) is 2. The Labute approximate surface area is 156 Å². The van der Waals surface area contributed by atoms with E-state index in [0.29, 0.717) is 27.5 Å². The standard InChI is InChI=1S/C15H17Cl2N5O.ClH/c1-22-15(19-13(21-22)9-2-4-18-5-3-9)20-14(23)10-6-11(16)8-12(17)7-10;/h6-9,18H,2-5H2,1H3,(H,19,20,21,23);1H. The number of piperidine rings is 1. The van der Waals surface area contributed by atoms with E-state index in [9.17, 15) is 4.79 Å². The molecule has 2 heterocycles. The lowest BCUT2D eigenvalue weighted by Crippen LogP contribution is -2.27. The Morgan fingerprint density at radius 1 is 1.25 bits per heavy atom. The van der Waals surface area contributed by atoms with Crippen molar-refractivity contribution in [3.05, 3.63) is 39.6 Å². The number of anilines is 1. The first-order valence-corrected chi connectivity index (χ1v) is 8.17. The first kappa shape index (κ1) is 19.0. The van der Waals surface area contributed by atoms with Crippen LogP contribution in [0.1, 0.15) is 34.9 Å². The van der Waals surface area contributed by atoms with E-state index in [1.165, 1.54) is 0 Å². The average molecular weight is 391 g/mol. The van der Waals surface area contributed by atoms with Gasteiger partial charge in [0.25, 0.3) is 5.91 Å². The van der Waals surface area contributed by atoms with Crippen molar-refractivity contribution in [3.63, 3.8) is 0 Å². The van der Waals surface area contributed by atoms with Crippen LogP contribution in [0.2, 0.25) is 10.0 Å². The first-order valence-electron chi connectivity index (χ1n) is 7.42. The second kappa shape index (κ2) is 8.16. The van der Waals surface area contributed by atoms with Crippen molar-refractivity contribution in [3.8, 4) is 0 Å². The Balaban J connectivity index is 0.00000208. The van der Waals surface area contributed by atoms with Gasteiger partial charge >= 0.3 is 0 Å². The van der Waals surface area contributed by atoms with E-state index in [-0.39, 0.29) is 18.3 Å². The van der Waals surface area contributed by atoms with Gasteiger partial charge in [-0.25, -0.2) is 4.68 Å². The zero-order valence-corrected chi connectivity index (χ0v) is 15.4. The largest absolute Gasteiger partial charge is 0.317 e. The van der Waals surface area contributed by atoms with E-state index < -0.39 is 0 Å². The molecule has 1 amide bonds. The summed E-state index contributed by atoms with van der Waals surface area (Å²) in [6.07, 6.45) is 2.00. The number of amides is 1. The fourth-order valence-corrected chi connectivity index (χ4v) is 3.15. The topological polar surface area (TPSA) is 71.8 Å². The van der Waals surface area contributed by atoms with E-state index in [0.717, 1.165) is 31.8 Å². The number of nitrogens with zero attached hydrogens (tertiary/aromatic N) is 3. The Bertz CT molecular complexity index is 708. The van der Waals surface area contributed by atoms with Crippen LogP contribution in [0.15, 0.2) is 18.2 Å². The molecule has 1 fully saturated rings. The summed E-state index contributed by atoms with van der Waals surface area (Å²) in [5, 5.41) is 11.3. The van der Waals surface area contributed by atoms with Gasteiger partial charge in [0.05, 0.1) is 0 Å². The van der Waals surface area contributed by atoms with E-state index in [2.05, 4.69) is 20.7 Å². The molecule has 0 aliphatic carbocycles. The smallest absolute Gasteiger partial charge is 0.258 e. The number of aryl methyl sites for hydroxylation is 1. The number of carbonyl (C=O) groups excluding carboxylic acids is 1. The first-order chi connectivity index (χ1) is 11.0. The maximum atomic E-state index is 12.3. The van der Waals surface area contributed by atoms with Crippen molar-refractivity contribution in [1.82, 2.24) is 20.1 Å². The van der Waals surface area contributed by atoms with Gasteiger partial charge in [-0.05, 0) is 44.1 Å². The van der Waals surface area contributed by atoms with Crippen molar-refractivity contribution in [2.75, 3.05) is 18.4 Å². The third-order valence-corrected chi connectivity index (χ3v) is 4.27. The highest BCUT2D eigenvalue weighted by atomic mass is 35.5. The molecule has 1 aliphatic heterocycles. The molecule has 1 saturated heterocycles. The van der Waals surface area contributed by atoms with Crippen LogP contribution in [0.3, 0.4) is 0 Å². The van der Waals surface area contributed by atoms with Crippen LogP contribution in [0.5, 0.6) is 0 Å². The van der Waals surface area contributed by atoms with Gasteiger partial charge in [0, 0.05) is 28.6 Å². The molecule has 24 heavy (non-hydrogen) atoms. The predicted molar refractivity (Wildman–Crippen MR) is 97.5 cm³/mol. The molecule has 0 spiro atoms. The zero-order valence-electron chi connectivity index (χ0n) is 13.1. The van der Waals surface area contributed by atoms with Crippen LogP contribution >= 0.6 is 35.6 Å². The minimum atomic E-state index is -0.318. The maximum Gasteiger partial charge on any atom is 0.258 e. The third kappa shape index (κ3) is 4.39. The minimum Gasteiger partial charge on any atom is -0.317 e. The van der Waals surface area contributed by atoms with Crippen LogP contribution < -0.4 is 10.6 Å². The number of hydrogen-bond donors (Lipinski definition) is 2. The lowest BCUT2D eigenvalue weighted by atomic mass is 9.98. The molecule has 6 nitrogen and oxygen atoms in total. The van der Waals surface area contributed by atoms with Crippen molar-refractivity contribution >= 4 is 47.5 Å². The average Bonchev–Trinajstić information content (AvgIpc) is 2.88. The number of carbonyl (C=O) groups is 1. The Morgan fingerprint density at radius 2 is 1.88 bits per heavy atom. The summed E-state index contributed by atoms with van der Waals surface area (Å²) in [6.45, 7) is 1.93. The normalized spacial score (nSPS) is 15.0. The monoisotopic (exact) mass is 389 g/mol. The second-order valence-electron chi connectivity index (χ2n) is 5.55. The lowest BCUT2D eigenvalue weighted by Gasteiger charge is -2.19. The number of hydrogen-bond acceptors (Lipinski definition) is 4. The molecule has 0 atom stereocenters. The van der Waals surface area contributed by atoms with Crippen LogP contribution in [0, 0.1) is 0 Å². The van der Waals surface area contributed by atoms with Crippen LogP contribution in [-0.2, 0) is 7.05 Å². The molecule has 1 aromatic heterocycles. The van der Waals surface area contributed by atoms with Gasteiger partial charge in [0.1, 0.15) is 0 Å². The van der Waals surface area contributed by atoms with Gasteiger partial charge in [0.2, 0.25) is 5.95 Å². The van der Waals surface area contributed by atoms with Gasteiger partial charge < -0.3 is 5.32 Å². The van der Waals surface area contributed by atoms with Crippen LogP contribution in [0.4, 0.5) is 5.95 Å². The fourth-order valence-electron chi connectivity index (χ4n) is 2.62. The van der Waals surface area contributed by atoms with E-state index in [4.69, 9.17) is 23.2 Å². The van der Waals surface area contributed by atoms with Crippen molar-refractivity contribution in [2.24, 2.45) is 7.05 Å². The predicted octanol–water partition coefficient (Wildman–Crippen LogP) is 3.26. The Morgan fingerprint density at radius 3 is 2.50 bits per heavy atom. The highest BCUT2D eigenvalue weighted by Crippen LogP contribution is 2.24. The van der Waals surface area contributed by atoms with Gasteiger partial charge in [-0.3, -0.25) is 10.1 Å². The summed E-state index contributed by atoms with van der Waals surface area (Å²) < 4.78 is 1.58.